The molecule has 0 amide bonds. The van der Waals surface area contributed by atoms with Gasteiger partial charge in [-0.05, 0) is 24.3 Å². The van der Waals surface area contributed by atoms with Crippen LogP contribution in [0.25, 0.3) is 11.4 Å². The molecule has 8 heteroatoms. The monoisotopic (exact) mass is 373 g/mol. The van der Waals surface area contributed by atoms with Crippen molar-refractivity contribution in [3.8, 4) is 11.4 Å². The number of hydrogen-bond acceptors (Lipinski definition) is 5. The SMILES string of the molecule is CN=C(NCCc1ccco1)NCCc1nc(-c2cccc(Cl)c2)no1. The van der Waals surface area contributed by atoms with Crippen LogP contribution in [0.1, 0.15) is 11.7 Å². The average molecular weight is 374 g/mol. The van der Waals surface area contributed by atoms with Crippen molar-refractivity contribution in [1.82, 2.24) is 20.8 Å². The van der Waals surface area contributed by atoms with Crippen LogP contribution in [0, 0.1) is 0 Å². The summed E-state index contributed by atoms with van der Waals surface area (Å²) in [7, 11) is 1.73. The van der Waals surface area contributed by atoms with Crippen LogP contribution in [0.4, 0.5) is 0 Å². The molecule has 2 N–H and O–H groups in total. The Hall–Kier alpha value is -2.80. The predicted molar refractivity (Wildman–Crippen MR) is 100 cm³/mol. The van der Waals surface area contributed by atoms with E-state index in [4.69, 9.17) is 20.5 Å². The van der Waals surface area contributed by atoms with E-state index in [0.29, 0.717) is 35.7 Å². The van der Waals surface area contributed by atoms with Crippen LogP contribution in [0.2, 0.25) is 5.02 Å². The van der Waals surface area contributed by atoms with Crippen molar-refractivity contribution in [2.24, 2.45) is 4.99 Å². The second-order valence-electron chi connectivity index (χ2n) is 5.53. The minimum absolute atomic E-state index is 0.531. The van der Waals surface area contributed by atoms with Gasteiger partial charge in [0.25, 0.3) is 0 Å². The van der Waals surface area contributed by atoms with Gasteiger partial charge in [0.2, 0.25) is 11.7 Å². The molecule has 0 aliphatic rings. The van der Waals surface area contributed by atoms with E-state index in [0.717, 1.165) is 24.3 Å². The van der Waals surface area contributed by atoms with Crippen molar-refractivity contribution < 1.29 is 8.94 Å². The van der Waals surface area contributed by atoms with Gasteiger partial charge in [0.05, 0.1) is 6.26 Å². The van der Waals surface area contributed by atoms with E-state index in [9.17, 15) is 0 Å². The summed E-state index contributed by atoms with van der Waals surface area (Å²) in [5, 5.41) is 11.1. The largest absolute Gasteiger partial charge is 0.469 e. The molecule has 7 nitrogen and oxygen atoms in total. The molecule has 0 bridgehead atoms. The average Bonchev–Trinajstić information content (AvgIpc) is 3.32. The van der Waals surface area contributed by atoms with Gasteiger partial charge in [0.15, 0.2) is 5.96 Å². The van der Waals surface area contributed by atoms with Crippen molar-refractivity contribution in [1.29, 1.82) is 0 Å². The fraction of sp³-hybridized carbons (Fsp3) is 0.278. The number of nitrogens with zero attached hydrogens (tertiary/aromatic N) is 3. The number of aliphatic imine (C=N–C) groups is 1. The van der Waals surface area contributed by atoms with E-state index in [-0.39, 0.29) is 0 Å². The maximum atomic E-state index is 5.99. The summed E-state index contributed by atoms with van der Waals surface area (Å²) in [5.41, 5.74) is 0.830. The Morgan fingerprint density at radius 2 is 2.00 bits per heavy atom. The molecule has 0 atom stereocenters. The van der Waals surface area contributed by atoms with Crippen molar-refractivity contribution in [2.75, 3.05) is 20.1 Å². The third-order valence-electron chi connectivity index (χ3n) is 3.65. The molecule has 26 heavy (non-hydrogen) atoms. The van der Waals surface area contributed by atoms with Crippen LogP contribution in [-0.2, 0) is 12.8 Å². The molecule has 2 aromatic heterocycles. The zero-order valence-electron chi connectivity index (χ0n) is 14.4. The first kappa shape index (κ1) is 18.0. The lowest BCUT2D eigenvalue weighted by Gasteiger charge is -2.10. The van der Waals surface area contributed by atoms with Gasteiger partial charge in [-0.2, -0.15) is 4.98 Å². The van der Waals surface area contributed by atoms with E-state index in [1.54, 1.807) is 25.4 Å². The Kier molecular flexibility index (Phi) is 6.27. The maximum absolute atomic E-state index is 5.99. The van der Waals surface area contributed by atoms with Crippen LogP contribution in [0.15, 0.2) is 56.6 Å². The second kappa shape index (κ2) is 9.05. The number of guanidine groups is 1. The highest BCUT2D eigenvalue weighted by Gasteiger charge is 2.09. The summed E-state index contributed by atoms with van der Waals surface area (Å²) < 4.78 is 10.6. The van der Waals surface area contributed by atoms with Gasteiger partial charge in [-0.3, -0.25) is 4.99 Å². The third-order valence-corrected chi connectivity index (χ3v) is 3.88. The van der Waals surface area contributed by atoms with Gasteiger partial charge in [0.1, 0.15) is 5.76 Å². The lowest BCUT2D eigenvalue weighted by Crippen LogP contribution is -2.39. The summed E-state index contributed by atoms with van der Waals surface area (Å²) >= 11 is 5.99. The highest BCUT2D eigenvalue weighted by Crippen LogP contribution is 2.19. The summed E-state index contributed by atoms with van der Waals surface area (Å²) in [6.07, 6.45) is 3.05. The molecular weight excluding hydrogens is 354 g/mol. The topological polar surface area (TPSA) is 88.5 Å². The molecule has 1 aromatic carbocycles. The quantitative estimate of drug-likeness (QED) is 0.489. The molecule has 0 aliphatic carbocycles. The molecule has 2 heterocycles. The minimum atomic E-state index is 0.531. The molecule has 0 spiro atoms. The van der Waals surface area contributed by atoms with E-state index in [1.165, 1.54) is 0 Å². The van der Waals surface area contributed by atoms with Crippen LogP contribution in [0.5, 0.6) is 0 Å². The first-order valence-corrected chi connectivity index (χ1v) is 8.68. The van der Waals surface area contributed by atoms with E-state index in [2.05, 4.69) is 25.8 Å². The molecule has 0 fully saturated rings. The molecule has 0 radical (unpaired) electrons. The van der Waals surface area contributed by atoms with Crippen LogP contribution >= 0.6 is 11.6 Å². The van der Waals surface area contributed by atoms with Crippen LogP contribution < -0.4 is 10.6 Å². The number of nitrogens with one attached hydrogen (secondary N) is 2. The summed E-state index contributed by atoms with van der Waals surface area (Å²) in [6.45, 7) is 1.35. The number of benzene rings is 1. The highest BCUT2D eigenvalue weighted by molar-refractivity contribution is 6.30. The Labute approximate surface area is 156 Å². The Morgan fingerprint density at radius 3 is 2.73 bits per heavy atom. The summed E-state index contributed by atoms with van der Waals surface area (Å²) in [4.78, 5) is 8.57. The van der Waals surface area contributed by atoms with Crippen molar-refractivity contribution in [2.45, 2.75) is 12.8 Å². The van der Waals surface area contributed by atoms with Gasteiger partial charge in [-0.15, -0.1) is 0 Å². The number of hydrogen-bond donors (Lipinski definition) is 2. The molecule has 0 saturated heterocycles. The first-order valence-electron chi connectivity index (χ1n) is 8.30. The molecule has 0 unspecified atom stereocenters. The highest BCUT2D eigenvalue weighted by atomic mass is 35.5. The molecular formula is C18H20ClN5O2. The second-order valence-corrected chi connectivity index (χ2v) is 5.96. The fourth-order valence-electron chi connectivity index (χ4n) is 2.37. The lowest BCUT2D eigenvalue weighted by atomic mass is 10.2. The van der Waals surface area contributed by atoms with Gasteiger partial charge in [0, 0.05) is 43.6 Å². The Bertz CT molecular complexity index is 845. The zero-order valence-corrected chi connectivity index (χ0v) is 15.2. The lowest BCUT2D eigenvalue weighted by molar-refractivity contribution is 0.378. The number of rotatable bonds is 7. The molecule has 0 aliphatic heterocycles. The first-order chi connectivity index (χ1) is 12.7. The molecule has 0 saturated carbocycles. The predicted octanol–water partition coefficient (Wildman–Crippen LogP) is 2.93. The number of furan rings is 1. The van der Waals surface area contributed by atoms with E-state index >= 15 is 0 Å². The Balaban J connectivity index is 1.43. The number of aromatic nitrogens is 2. The van der Waals surface area contributed by atoms with Crippen LogP contribution in [0.3, 0.4) is 0 Å². The third kappa shape index (κ3) is 5.10. The molecule has 136 valence electrons. The van der Waals surface area contributed by atoms with Gasteiger partial charge in [-0.1, -0.05) is 28.9 Å². The molecule has 3 aromatic rings. The summed E-state index contributed by atoms with van der Waals surface area (Å²) in [5.74, 6) is 2.74. The van der Waals surface area contributed by atoms with Crippen molar-refractivity contribution in [3.63, 3.8) is 0 Å². The van der Waals surface area contributed by atoms with Gasteiger partial charge in [-0.25, -0.2) is 0 Å². The maximum Gasteiger partial charge on any atom is 0.228 e. The van der Waals surface area contributed by atoms with Gasteiger partial charge < -0.3 is 19.6 Å². The minimum Gasteiger partial charge on any atom is -0.469 e. The molecule has 3 rings (SSSR count). The number of halogens is 1. The Morgan fingerprint density at radius 1 is 1.15 bits per heavy atom. The van der Waals surface area contributed by atoms with Gasteiger partial charge >= 0.3 is 0 Å². The van der Waals surface area contributed by atoms with E-state index in [1.807, 2.05) is 24.3 Å². The van der Waals surface area contributed by atoms with Crippen molar-refractivity contribution in [3.05, 3.63) is 59.3 Å². The van der Waals surface area contributed by atoms with E-state index < -0.39 is 0 Å². The standard InChI is InChI=1S/C18H20ClN5O2/c1-20-18(21-9-7-15-6-3-11-25-15)22-10-8-16-23-17(24-26-16)13-4-2-5-14(19)12-13/h2-6,11-12H,7-10H2,1H3,(H2,20,21,22). The van der Waals surface area contributed by atoms with Crippen molar-refractivity contribution >= 4 is 17.6 Å². The van der Waals surface area contributed by atoms with Crippen LogP contribution in [-0.4, -0.2) is 36.2 Å². The fourth-order valence-corrected chi connectivity index (χ4v) is 2.56. The zero-order chi connectivity index (χ0) is 18.2. The summed E-state index contributed by atoms with van der Waals surface area (Å²) in [6, 6.07) is 11.2. The smallest absolute Gasteiger partial charge is 0.228 e. The normalized spacial score (nSPS) is 11.5.